The molecule has 0 amide bonds. The van der Waals surface area contributed by atoms with E-state index in [1.807, 2.05) is 60.7 Å². The Balaban J connectivity index is 1.44. The van der Waals surface area contributed by atoms with Crippen molar-refractivity contribution in [2.45, 2.75) is 103 Å². The maximum absolute atomic E-state index is 13.9. The lowest BCUT2D eigenvalue weighted by atomic mass is 9.94. The molecular formula is C41H51N3O3Si. The standard InChI is InChI=1S/C41H51N3O3Si/c1-9-12-35(30-19-20-30)38-43-36(25-28-15-17-29(18-16-28)34-14-11-10-13-32(34)26-42)37(39(45)44-38)31-21-23-33(24-22-31)47-41(5,6)27-46-48(7,8)40(2,3)4/h10-11,13-18,21-24,30,35H,9,12,19-20,25,27H2,1-8H3,(H,43,44,45). The Labute approximate surface area is 287 Å². The first-order valence-electron chi connectivity index (χ1n) is 17.4. The molecule has 1 heterocycles. The van der Waals surface area contributed by atoms with Gasteiger partial charge in [0.05, 0.1) is 29.5 Å². The summed E-state index contributed by atoms with van der Waals surface area (Å²) < 4.78 is 12.9. The van der Waals surface area contributed by atoms with Crippen LogP contribution >= 0.6 is 0 Å². The van der Waals surface area contributed by atoms with Crippen LogP contribution in [0.2, 0.25) is 18.1 Å². The largest absolute Gasteiger partial charge is 0.486 e. The van der Waals surface area contributed by atoms with Gasteiger partial charge in [0, 0.05) is 12.3 Å². The Morgan fingerprint density at radius 3 is 2.21 bits per heavy atom. The van der Waals surface area contributed by atoms with Crippen LogP contribution in [-0.4, -0.2) is 30.5 Å². The fourth-order valence-corrected chi connectivity index (χ4v) is 7.12. The van der Waals surface area contributed by atoms with Gasteiger partial charge in [-0.25, -0.2) is 4.98 Å². The molecule has 48 heavy (non-hydrogen) atoms. The lowest BCUT2D eigenvalue weighted by Gasteiger charge is -2.39. The van der Waals surface area contributed by atoms with Crippen LogP contribution in [-0.2, 0) is 10.8 Å². The Morgan fingerprint density at radius 1 is 0.958 bits per heavy atom. The Kier molecular flexibility index (Phi) is 10.5. The number of hydrogen-bond donors (Lipinski definition) is 1. The molecule has 1 unspecified atom stereocenters. The van der Waals surface area contributed by atoms with Crippen molar-refractivity contribution in [2.75, 3.05) is 6.61 Å². The minimum atomic E-state index is -1.91. The van der Waals surface area contributed by atoms with Crippen LogP contribution < -0.4 is 10.3 Å². The lowest BCUT2D eigenvalue weighted by Crippen LogP contribution is -2.46. The maximum atomic E-state index is 13.9. The van der Waals surface area contributed by atoms with Crippen LogP contribution in [0.5, 0.6) is 5.75 Å². The maximum Gasteiger partial charge on any atom is 0.259 e. The summed E-state index contributed by atoms with van der Waals surface area (Å²) in [4.78, 5) is 22.3. The van der Waals surface area contributed by atoms with Gasteiger partial charge in [-0.1, -0.05) is 88.7 Å². The molecule has 0 spiro atoms. The molecule has 1 atom stereocenters. The van der Waals surface area contributed by atoms with Gasteiger partial charge in [0.15, 0.2) is 8.32 Å². The third kappa shape index (κ3) is 8.34. The van der Waals surface area contributed by atoms with Crippen molar-refractivity contribution < 1.29 is 9.16 Å². The summed E-state index contributed by atoms with van der Waals surface area (Å²) in [5.74, 6) is 2.40. The van der Waals surface area contributed by atoms with Gasteiger partial charge >= 0.3 is 0 Å². The van der Waals surface area contributed by atoms with Crippen LogP contribution in [0.25, 0.3) is 22.3 Å². The predicted octanol–water partition coefficient (Wildman–Crippen LogP) is 10.0. The number of nitrogens with one attached hydrogen (secondary N) is 1. The van der Waals surface area contributed by atoms with Crippen molar-refractivity contribution in [3.05, 3.63) is 106 Å². The zero-order chi connectivity index (χ0) is 34.7. The summed E-state index contributed by atoms with van der Waals surface area (Å²) >= 11 is 0. The molecule has 4 aromatic rings. The number of hydrogen-bond acceptors (Lipinski definition) is 5. The summed E-state index contributed by atoms with van der Waals surface area (Å²) in [5, 5.41) is 9.72. The summed E-state index contributed by atoms with van der Waals surface area (Å²) in [7, 11) is -1.91. The van der Waals surface area contributed by atoms with Gasteiger partial charge in [-0.15, -0.1) is 0 Å². The molecule has 0 bridgehead atoms. The second kappa shape index (κ2) is 14.2. The number of nitriles is 1. The SMILES string of the molecule is CCCC(c1nc(Cc2ccc(-c3ccccc3C#N)cc2)c(-c2ccc(OC(C)(C)CO[Si](C)(C)C(C)(C)C)cc2)c(=O)[nH]1)C1CC1. The van der Waals surface area contributed by atoms with E-state index in [9.17, 15) is 10.1 Å². The molecule has 1 N–H and O–H groups in total. The third-order valence-corrected chi connectivity index (χ3v) is 14.4. The first-order valence-corrected chi connectivity index (χ1v) is 20.3. The number of aromatic nitrogens is 2. The van der Waals surface area contributed by atoms with Crippen molar-refractivity contribution in [1.82, 2.24) is 9.97 Å². The van der Waals surface area contributed by atoms with E-state index in [4.69, 9.17) is 14.1 Å². The highest BCUT2D eigenvalue weighted by molar-refractivity contribution is 6.74. The highest BCUT2D eigenvalue weighted by Gasteiger charge is 2.39. The van der Waals surface area contributed by atoms with Crippen LogP contribution in [0.4, 0.5) is 0 Å². The summed E-state index contributed by atoms with van der Waals surface area (Å²) in [6.45, 7) is 18.0. The molecule has 1 aromatic heterocycles. The Bertz CT molecular complexity index is 1810. The van der Waals surface area contributed by atoms with E-state index in [-0.39, 0.29) is 16.5 Å². The molecule has 0 saturated heterocycles. The fraction of sp³-hybridized carbons (Fsp3) is 0.439. The van der Waals surface area contributed by atoms with Crippen molar-refractivity contribution in [3.63, 3.8) is 0 Å². The van der Waals surface area contributed by atoms with Crippen LogP contribution in [0.15, 0.2) is 77.6 Å². The normalized spacial score (nSPS) is 14.4. The molecule has 1 fully saturated rings. The minimum Gasteiger partial charge on any atom is -0.486 e. The van der Waals surface area contributed by atoms with E-state index in [2.05, 4.69) is 77.8 Å². The molecule has 1 aliphatic rings. The summed E-state index contributed by atoms with van der Waals surface area (Å²) in [5.41, 5.74) is 5.16. The lowest BCUT2D eigenvalue weighted by molar-refractivity contribution is 0.0462. The van der Waals surface area contributed by atoms with Gasteiger partial charge in [-0.05, 0) is 97.6 Å². The molecule has 6 nitrogen and oxygen atoms in total. The van der Waals surface area contributed by atoms with Crippen molar-refractivity contribution >= 4 is 8.32 Å². The fourth-order valence-electron chi connectivity index (χ4n) is 5.98. The first-order chi connectivity index (χ1) is 22.7. The molecular weight excluding hydrogens is 611 g/mol. The molecule has 7 heteroatoms. The smallest absolute Gasteiger partial charge is 0.259 e. The molecule has 252 valence electrons. The van der Waals surface area contributed by atoms with E-state index in [1.54, 1.807) is 0 Å². The van der Waals surface area contributed by atoms with Crippen molar-refractivity contribution in [3.8, 4) is 34.1 Å². The number of H-pyrrole nitrogens is 1. The molecule has 0 aliphatic heterocycles. The average molecular weight is 662 g/mol. The van der Waals surface area contributed by atoms with E-state index < -0.39 is 13.9 Å². The van der Waals surface area contributed by atoms with E-state index in [0.717, 1.165) is 52.4 Å². The number of benzene rings is 3. The van der Waals surface area contributed by atoms with Crippen LogP contribution in [0.1, 0.15) is 95.8 Å². The van der Waals surface area contributed by atoms with E-state index in [1.165, 1.54) is 12.8 Å². The highest BCUT2D eigenvalue weighted by atomic mass is 28.4. The first kappa shape index (κ1) is 35.3. The molecule has 3 aromatic carbocycles. The molecule has 0 radical (unpaired) electrons. The van der Waals surface area contributed by atoms with Gasteiger partial charge < -0.3 is 14.1 Å². The van der Waals surface area contributed by atoms with Crippen LogP contribution in [0, 0.1) is 17.2 Å². The van der Waals surface area contributed by atoms with E-state index >= 15 is 0 Å². The van der Waals surface area contributed by atoms with E-state index in [0.29, 0.717) is 30.1 Å². The topological polar surface area (TPSA) is 88.0 Å². The Hall–Kier alpha value is -3.99. The summed E-state index contributed by atoms with van der Waals surface area (Å²) in [6.07, 6.45) is 4.96. The van der Waals surface area contributed by atoms with Gasteiger partial charge in [0.25, 0.3) is 5.56 Å². The van der Waals surface area contributed by atoms with Gasteiger partial charge in [-0.2, -0.15) is 5.26 Å². The second-order valence-electron chi connectivity index (χ2n) is 15.5. The quantitative estimate of drug-likeness (QED) is 0.144. The van der Waals surface area contributed by atoms with Crippen molar-refractivity contribution in [1.29, 1.82) is 5.26 Å². The highest BCUT2D eigenvalue weighted by Crippen LogP contribution is 2.44. The van der Waals surface area contributed by atoms with Gasteiger partial charge in [0.2, 0.25) is 0 Å². The minimum absolute atomic E-state index is 0.104. The number of aromatic amines is 1. The average Bonchev–Trinajstić information content (AvgIpc) is 3.88. The molecule has 5 rings (SSSR count). The van der Waals surface area contributed by atoms with Gasteiger partial charge in [-0.3, -0.25) is 4.79 Å². The zero-order valence-electron chi connectivity index (χ0n) is 29.9. The number of rotatable bonds is 13. The van der Waals surface area contributed by atoms with Gasteiger partial charge in [0.1, 0.15) is 17.2 Å². The second-order valence-corrected chi connectivity index (χ2v) is 20.3. The third-order valence-electron chi connectivity index (χ3n) is 9.96. The molecule has 1 aliphatic carbocycles. The number of ether oxygens (including phenoxy) is 1. The predicted molar refractivity (Wildman–Crippen MR) is 198 cm³/mol. The molecule has 1 saturated carbocycles. The Morgan fingerprint density at radius 2 is 1.60 bits per heavy atom. The zero-order valence-corrected chi connectivity index (χ0v) is 30.9. The van der Waals surface area contributed by atoms with Crippen molar-refractivity contribution in [2.24, 2.45) is 5.92 Å². The monoisotopic (exact) mass is 661 g/mol. The summed E-state index contributed by atoms with van der Waals surface area (Å²) in [6, 6.07) is 26.0. The van der Waals surface area contributed by atoms with Crippen LogP contribution in [0.3, 0.4) is 0 Å². The number of nitrogens with zero attached hydrogens (tertiary/aromatic N) is 2.